The summed E-state index contributed by atoms with van der Waals surface area (Å²) in [4.78, 5) is 1.54. The van der Waals surface area contributed by atoms with Crippen molar-refractivity contribution in [3.8, 4) is 0 Å². The predicted molar refractivity (Wildman–Crippen MR) is 83.6 cm³/mol. The van der Waals surface area contributed by atoms with Crippen LogP contribution in [0.3, 0.4) is 0 Å². The molecule has 1 aromatic rings. The van der Waals surface area contributed by atoms with Crippen molar-refractivity contribution in [2.24, 2.45) is 0 Å². The van der Waals surface area contributed by atoms with Crippen LogP contribution in [0.1, 0.15) is 30.3 Å². The molecule has 1 nitrogen and oxygen atoms in total. The van der Waals surface area contributed by atoms with Crippen molar-refractivity contribution in [1.82, 2.24) is 5.32 Å². The van der Waals surface area contributed by atoms with Gasteiger partial charge in [0.15, 0.2) is 0 Å². The molecule has 0 radical (unpaired) electrons. The van der Waals surface area contributed by atoms with Gasteiger partial charge < -0.3 is 5.32 Å². The Morgan fingerprint density at radius 2 is 2.18 bits per heavy atom. The van der Waals surface area contributed by atoms with E-state index in [1.165, 1.54) is 17.1 Å². The van der Waals surface area contributed by atoms with Gasteiger partial charge >= 0.3 is 0 Å². The Morgan fingerprint density at radius 1 is 1.41 bits per heavy atom. The van der Waals surface area contributed by atoms with E-state index in [0.29, 0.717) is 11.3 Å². The average Bonchev–Trinajstić information content (AvgIpc) is 2.74. The summed E-state index contributed by atoms with van der Waals surface area (Å²) in [5.41, 5.74) is 1.45. The maximum absolute atomic E-state index is 3.70. The van der Waals surface area contributed by atoms with Gasteiger partial charge in [-0.15, -0.1) is 11.3 Å². The van der Waals surface area contributed by atoms with Crippen molar-refractivity contribution in [2.45, 2.75) is 37.3 Å². The van der Waals surface area contributed by atoms with Gasteiger partial charge in [-0.05, 0) is 30.5 Å². The summed E-state index contributed by atoms with van der Waals surface area (Å²) >= 11 is 6.19. The summed E-state index contributed by atoms with van der Waals surface area (Å²) in [7, 11) is 0. The summed E-state index contributed by atoms with van der Waals surface area (Å²) in [5, 5.41) is 7.39. The second-order valence-corrected chi connectivity index (χ2v) is 8.13. The van der Waals surface area contributed by atoms with Gasteiger partial charge in [-0.2, -0.15) is 23.5 Å². The first kappa shape index (κ1) is 13.8. The smallest absolute Gasteiger partial charge is 0.0548 e. The zero-order chi connectivity index (χ0) is 12.3. The fraction of sp³-hybridized carbons (Fsp3) is 0.692. The number of thiophene rings is 1. The van der Waals surface area contributed by atoms with Crippen molar-refractivity contribution < 1.29 is 0 Å². The third-order valence-corrected chi connectivity index (χ3v) is 7.47. The van der Waals surface area contributed by atoms with Gasteiger partial charge in [0.1, 0.15) is 0 Å². The summed E-state index contributed by atoms with van der Waals surface area (Å²) in [5.74, 6) is 2.61. The molecule has 3 atom stereocenters. The lowest BCUT2D eigenvalue weighted by Crippen LogP contribution is -2.37. The topological polar surface area (TPSA) is 12.0 Å². The molecule has 1 aliphatic heterocycles. The number of thioether (sulfide) groups is 2. The highest BCUT2D eigenvalue weighted by Gasteiger charge is 2.32. The van der Waals surface area contributed by atoms with Crippen LogP contribution in [0.4, 0.5) is 0 Å². The van der Waals surface area contributed by atoms with E-state index in [-0.39, 0.29) is 0 Å². The van der Waals surface area contributed by atoms with Crippen LogP contribution in [0.15, 0.2) is 11.4 Å². The monoisotopic (exact) mass is 287 g/mol. The lowest BCUT2D eigenvalue weighted by atomic mass is 10.1. The van der Waals surface area contributed by atoms with E-state index >= 15 is 0 Å². The second-order valence-electron chi connectivity index (χ2n) is 4.41. The van der Waals surface area contributed by atoms with Crippen molar-refractivity contribution in [3.63, 3.8) is 0 Å². The van der Waals surface area contributed by atoms with Gasteiger partial charge in [0.25, 0.3) is 0 Å². The second kappa shape index (κ2) is 6.50. The Hall–Kier alpha value is 0.360. The Kier molecular flexibility index (Phi) is 5.27. The Balaban J connectivity index is 2.19. The van der Waals surface area contributed by atoms with Crippen LogP contribution in [0.5, 0.6) is 0 Å². The van der Waals surface area contributed by atoms with E-state index in [2.05, 4.69) is 61.1 Å². The molecule has 2 heterocycles. The lowest BCUT2D eigenvalue weighted by molar-refractivity contribution is 0.531. The van der Waals surface area contributed by atoms with Gasteiger partial charge in [0.05, 0.1) is 6.04 Å². The molecule has 0 bridgehead atoms. The molecule has 0 spiro atoms. The number of hydrogen-bond donors (Lipinski definition) is 1. The zero-order valence-electron chi connectivity index (χ0n) is 10.7. The highest BCUT2D eigenvalue weighted by atomic mass is 32.2. The summed E-state index contributed by atoms with van der Waals surface area (Å²) in [6.45, 7) is 7.88. The Labute approximate surface area is 117 Å². The SMILES string of the molecule is CCNC(c1sccc1C)C1SCCSC1C. The molecule has 17 heavy (non-hydrogen) atoms. The molecule has 0 amide bonds. The molecule has 96 valence electrons. The minimum absolute atomic E-state index is 0.535. The molecule has 0 saturated carbocycles. The van der Waals surface area contributed by atoms with Crippen LogP contribution in [0.2, 0.25) is 0 Å². The minimum atomic E-state index is 0.535. The molecule has 1 saturated heterocycles. The molecule has 1 aliphatic rings. The number of hydrogen-bond acceptors (Lipinski definition) is 4. The maximum Gasteiger partial charge on any atom is 0.0548 e. The van der Waals surface area contributed by atoms with Crippen molar-refractivity contribution in [2.75, 3.05) is 18.1 Å². The number of aryl methyl sites for hydroxylation is 1. The Morgan fingerprint density at radius 3 is 2.76 bits per heavy atom. The van der Waals surface area contributed by atoms with E-state index in [0.717, 1.165) is 11.8 Å². The fourth-order valence-corrected chi connectivity index (χ4v) is 6.36. The first-order chi connectivity index (χ1) is 8.24. The molecular formula is C13H21NS3. The summed E-state index contributed by atoms with van der Waals surface area (Å²) < 4.78 is 0. The Bertz CT molecular complexity index is 350. The maximum atomic E-state index is 3.70. The predicted octanol–water partition coefficient (Wildman–Crippen LogP) is 3.94. The lowest BCUT2D eigenvalue weighted by Gasteiger charge is -2.34. The third kappa shape index (κ3) is 3.22. The van der Waals surface area contributed by atoms with Crippen LogP contribution in [0.25, 0.3) is 0 Å². The van der Waals surface area contributed by atoms with E-state index in [1.807, 2.05) is 11.3 Å². The van der Waals surface area contributed by atoms with Crippen molar-refractivity contribution in [1.29, 1.82) is 0 Å². The van der Waals surface area contributed by atoms with Gasteiger partial charge in [0, 0.05) is 26.9 Å². The summed E-state index contributed by atoms with van der Waals surface area (Å²) in [6.07, 6.45) is 0. The highest BCUT2D eigenvalue weighted by molar-refractivity contribution is 8.07. The first-order valence-corrected chi connectivity index (χ1v) is 9.22. The van der Waals surface area contributed by atoms with E-state index in [4.69, 9.17) is 0 Å². The average molecular weight is 288 g/mol. The zero-order valence-corrected chi connectivity index (χ0v) is 13.2. The molecule has 0 aromatic carbocycles. The minimum Gasteiger partial charge on any atom is -0.309 e. The van der Waals surface area contributed by atoms with Crippen molar-refractivity contribution >= 4 is 34.9 Å². The molecule has 1 aromatic heterocycles. The molecule has 1 fully saturated rings. The van der Waals surface area contributed by atoms with Crippen LogP contribution in [-0.4, -0.2) is 28.6 Å². The van der Waals surface area contributed by atoms with E-state index < -0.39 is 0 Å². The largest absolute Gasteiger partial charge is 0.309 e. The normalized spacial score (nSPS) is 27.0. The van der Waals surface area contributed by atoms with Crippen LogP contribution in [0, 0.1) is 6.92 Å². The van der Waals surface area contributed by atoms with Crippen LogP contribution >= 0.6 is 34.9 Å². The molecule has 2 rings (SSSR count). The van der Waals surface area contributed by atoms with Gasteiger partial charge in [-0.1, -0.05) is 13.8 Å². The van der Waals surface area contributed by atoms with Gasteiger partial charge in [-0.25, -0.2) is 0 Å². The third-order valence-electron chi connectivity index (χ3n) is 3.17. The van der Waals surface area contributed by atoms with Crippen LogP contribution < -0.4 is 5.32 Å². The van der Waals surface area contributed by atoms with Gasteiger partial charge in [-0.3, -0.25) is 0 Å². The quantitative estimate of drug-likeness (QED) is 0.901. The fourth-order valence-electron chi connectivity index (χ4n) is 2.30. The molecule has 0 aliphatic carbocycles. The van der Waals surface area contributed by atoms with Gasteiger partial charge in [0.2, 0.25) is 0 Å². The number of nitrogens with one attached hydrogen (secondary N) is 1. The van der Waals surface area contributed by atoms with Crippen molar-refractivity contribution in [3.05, 3.63) is 21.9 Å². The van der Waals surface area contributed by atoms with Crippen LogP contribution in [-0.2, 0) is 0 Å². The highest BCUT2D eigenvalue weighted by Crippen LogP contribution is 2.40. The van der Waals surface area contributed by atoms with E-state index in [1.54, 1.807) is 4.88 Å². The molecular weight excluding hydrogens is 266 g/mol. The standard InChI is InChI=1S/C13H21NS3/c1-4-14-11(12-9(2)5-6-16-12)13-10(3)15-7-8-17-13/h5-6,10-11,13-14H,4,7-8H2,1-3H3. The molecule has 1 N–H and O–H groups in total. The summed E-state index contributed by atoms with van der Waals surface area (Å²) in [6, 6.07) is 2.78. The molecule has 3 unspecified atom stereocenters. The van der Waals surface area contributed by atoms with E-state index in [9.17, 15) is 0 Å². The number of rotatable bonds is 4. The first-order valence-electron chi connectivity index (χ1n) is 6.24. The molecule has 4 heteroatoms.